The second-order valence-corrected chi connectivity index (χ2v) is 7.93. The lowest BCUT2D eigenvalue weighted by atomic mass is 10.2. The molecule has 4 rings (SSSR count). The quantitative estimate of drug-likeness (QED) is 0.508. The molecule has 2 aliphatic heterocycles. The lowest BCUT2D eigenvalue weighted by Crippen LogP contribution is -2.50. The number of amides is 3. The Kier molecular flexibility index (Phi) is 6.72. The van der Waals surface area contributed by atoms with E-state index in [0.717, 1.165) is 48.1 Å². The summed E-state index contributed by atoms with van der Waals surface area (Å²) < 4.78 is 5.46. The van der Waals surface area contributed by atoms with Crippen LogP contribution < -0.4 is 15.0 Å². The lowest BCUT2D eigenvalue weighted by Gasteiger charge is -2.37. The molecule has 2 saturated heterocycles. The molecule has 0 saturated carbocycles. The summed E-state index contributed by atoms with van der Waals surface area (Å²) >= 11 is 0. The number of nitrogens with one attached hydrogen (secondary N) is 1. The largest absolute Gasteiger partial charge is 0.495 e. The molecular weight excluding hydrogens is 408 g/mol. The first-order chi connectivity index (χ1) is 15.5. The van der Waals surface area contributed by atoms with E-state index in [1.54, 1.807) is 13.2 Å². The van der Waals surface area contributed by atoms with Gasteiger partial charge in [-0.2, -0.15) is 0 Å². The molecule has 0 radical (unpaired) electrons. The van der Waals surface area contributed by atoms with Crippen LogP contribution >= 0.6 is 0 Å². The Bertz CT molecular complexity index is 987. The van der Waals surface area contributed by atoms with Crippen molar-refractivity contribution in [1.29, 1.82) is 0 Å². The fraction of sp³-hybridized carbons (Fsp3) is 0.333. The highest BCUT2D eigenvalue weighted by Crippen LogP contribution is 2.28. The number of aliphatic hydroxyl groups excluding tert-OH is 1. The van der Waals surface area contributed by atoms with Gasteiger partial charge < -0.3 is 20.1 Å². The summed E-state index contributed by atoms with van der Waals surface area (Å²) in [5.74, 6) is 0.429. The van der Waals surface area contributed by atoms with Crippen LogP contribution in [0.4, 0.5) is 10.5 Å². The van der Waals surface area contributed by atoms with Gasteiger partial charge in [-0.25, -0.2) is 4.79 Å². The number of anilines is 1. The third kappa shape index (κ3) is 4.92. The van der Waals surface area contributed by atoms with Crippen LogP contribution in [0.1, 0.15) is 5.56 Å². The Labute approximate surface area is 187 Å². The van der Waals surface area contributed by atoms with Gasteiger partial charge in [0, 0.05) is 32.7 Å². The van der Waals surface area contributed by atoms with Crippen molar-refractivity contribution in [2.75, 3.05) is 51.3 Å². The molecule has 2 aromatic carbocycles. The van der Waals surface area contributed by atoms with Gasteiger partial charge in [-0.1, -0.05) is 42.5 Å². The Morgan fingerprint density at radius 1 is 1.00 bits per heavy atom. The first-order valence-electron chi connectivity index (χ1n) is 10.7. The van der Waals surface area contributed by atoms with Gasteiger partial charge in [0.25, 0.3) is 5.91 Å². The van der Waals surface area contributed by atoms with Gasteiger partial charge >= 0.3 is 6.03 Å². The molecule has 2 aliphatic rings. The summed E-state index contributed by atoms with van der Waals surface area (Å²) in [6.45, 7) is 3.52. The average molecular weight is 437 g/mol. The highest BCUT2D eigenvalue weighted by molar-refractivity contribution is 6.14. The maximum Gasteiger partial charge on any atom is 0.329 e. The molecule has 8 heteroatoms. The zero-order chi connectivity index (χ0) is 22.5. The first-order valence-corrected chi connectivity index (χ1v) is 10.7. The summed E-state index contributed by atoms with van der Waals surface area (Å²) in [5.41, 5.74) is 2.11. The van der Waals surface area contributed by atoms with E-state index >= 15 is 0 Å². The molecule has 32 heavy (non-hydrogen) atoms. The highest BCUT2D eigenvalue weighted by atomic mass is 16.5. The SMILES string of the molecule is COc1ccccc1N1CCN(CC(O)CN2C(=O)NC(=Cc3ccccc3)C2=O)CC1. The normalized spacial score (nSPS) is 19.4. The smallest absolute Gasteiger partial charge is 0.329 e. The number of hydrogen-bond donors (Lipinski definition) is 2. The number of para-hydroxylation sites is 2. The Hall–Kier alpha value is -3.36. The van der Waals surface area contributed by atoms with Gasteiger partial charge in [-0.3, -0.25) is 14.6 Å². The minimum absolute atomic E-state index is 0.0382. The number of nitrogens with zero attached hydrogens (tertiary/aromatic N) is 3. The van der Waals surface area contributed by atoms with Crippen LogP contribution in [0.5, 0.6) is 5.75 Å². The molecular formula is C24H28N4O4. The summed E-state index contributed by atoms with van der Waals surface area (Å²) in [5, 5.41) is 13.2. The number of carbonyl (C=O) groups excluding carboxylic acids is 2. The number of hydrogen-bond acceptors (Lipinski definition) is 6. The number of rotatable bonds is 7. The number of methoxy groups -OCH3 is 1. The monoisotopic (exact) mass is 436 g/mol. The molecule has 1 atom stereocenters. The molecule has 0 spiro atoms. The fourth-order valence-corrected chi connectivity index (χ4v) is 4.08. The van der Waals surface area contributed by atoms with Crippen LogP contribution in [0.2, 0.25) is 0 Å². The fourth-order valence-electron chi connectivity index (χ4n) is 4.08. The molecule has 168 valence electrons. The van der Waals surface area contributed by atoms with E-state index in [-0.39, 0.29) is 12.2 Å². The van der Waals surface area contributed by atoms with Gasteiger partial charge in [-0.15, -0.1) is 0 Å². The van der Waals surface area contributed by atoms with E-state index < -0.39 is 18.0 Å². The van der Waals surface area contributed by atoms with Crippen molar-refractivity contribution in [3.63, 3.8) is 0 Å². The van der Waals surface area contributed by atoms with Crippen LogP contribution in [0, 0.1) is 0 Å². The van der Waals surface area contributed by atoms with Crippen molar-refractivity contribution in [2.45, 2.75) is 6.10 Å². The van der Waals surface area contributed by atoms with E-state index in [0.29, 0.717) is 6.54 Å². The maximum atomic E-state index is 12.6. The number of β-amino-alcohol motifs (C(OH)–C–C–N with tert-alkyl or cyclic N) is 1. The molecule has 2 fully saturated rings. The third-order valence-corrected chi connectivity index (χ3v) is 5.73. The van der Waals surface area contributed by atoms with Gasteiger partial charge in [0.1, 0.15) is 11.4 Å². The summed E-state index contributed by atoms with van der Waals surface area (Å²) in [4.78, 5) is 30.4. The van der Waals surface area contributed by atoms with Crippen molar-refractivity contribution >= 4 is 23.7 Å². The summed E-state index contributed by atoms with van der Waals surface area (Å²) in [6.07, 6.45) is 0.822. The molecule has 8 nitrogen and oxygen atoms in total. The van der Waals surface area contributed by atoms with E-state index in [4.69, 9.17) is 4.74 Å². The topological polar surface area (TPSA) is 85.3 Å². The average Bonchev–Trinajstić information content (AvgIpc) is 3.07. The number of piperazine rings is 1. The van der Waals surface area contributed by atoms with E-state index in [1.807, 2.05) is 54.6 Å². The van der Waals surface area contributed by atoms with E-state index in [2.05, 4.69) is 15.1 Å². The second kappa shape index (κ2) is 9.84. The molecule has 2 N–H and O–H groups in total. The predicted molar refractivity (Wildman–Crippen MR) is 122 cm³/mol. The Balaban J connectivity index is 1.30. The van der Waals surface area contributed by atoms with Crippen molar-refractivity contribution in [1.82, 2.24) is 15.1 Å². The number of carbonyl (C=O) groups is 2. The molecule has 1 unspecified atom stereocenters. The number of urea groups is 1. The van der Waals surface area contributed by atoms with Crippen LogP contribution in [-0.4, -0.2) is 79.3 Å². The number of benzene rings is 2. The Morgan fingerprint density at radius 2 is 1.69 bits per heavy atom. The molecule has 2 aromatic rings. The van der Waals surface area contributed by atoms with Crippen molar-refractivity contribution in [2.24, 2.45) is 0 Å². The number of imide groups is 1. The predicted octanol–water partition coefficient (Wildman–Crippen LogP) is 1.77. The van der Waals surface area contributed by atoms with Crippen molar-refractivity contribution in [3.05, 3.63) is 65.9 Å². The number of ether oxygens (including phenoxy) is 1. The van der Waals surface area contributed by atoms with Crippen molar-refractivity contribution in [3.8, 4) is 5.75 Å². The molecule has 0 aromatic heterocycles. The number of aliphatic hydroxyl groups is 1. The molecule has 2 heterocycles. The zero-order valence-electron chi connectivity index (χ0n) is 18.1. The standard InChI is InChI=1S/C24H28N4O4/c1-32-22-10-6-5-9-21(22)27-13-11-26(12-14-27)16-19(29)17-28-23(30)20(25-24(28)31)15-18-7-3-2-4-8-18/h2-10,15,19,29H,11-14,16-17H2,1H3,(H,25,31). The highest BCUT2D eigenvalue weighted by Gasteiger charge is 2.35. The maximum absolute atomic E-state index is 12.6. The first kappa shape index (κ1) is 21.9. The summed E-state index contributed by atoms with van der Waals surface area (Å²) in [6, 6.07) is 16.8. The van der Waals surface area contributed by atoms with E-state index in [1.165, 1.54) is 0 Å². The van der Waals surface area contributed by atoms with Gasteiger partial charge in [-0.05, 0) is 23.8 Å². The third-order valence-electron chi connectivity index (χ3n) is 5.73. The van der Waals surface area contributed by atoms with Crippen LogP contribution in [0.3, 0.4) is 0 Å². The summed E-state index contributed by atoms with van der Waals surface area (Å²) in [7, 11) is 1.67. The van der Waals surface area contributed by atoms with Crippen LogP contribution in [0.25, 0.3) is 6.08 Å². The minimum Gasteiger partial charge on any atom is -0.495 e. The van der Waals surface area contributed by atoms with Gasteiger partial charge in [0.2, 0.25) is 0 Å². The molecule has 3 amide bonds. The zero-order valence-corrected chi connectivity index (χ0v) is 18.1. The molecule has 0 bridgehead atoms. The Morgan fingerprint density at radius 3 is 2.41 bits per heavy atom. The van der Waals surface area contributed by atoms with Gasteiger partial charge in [0.05, 0.1) is 25.4 Å². The molecule has 0 aliphatic carbocycles. The van der Waals surface area contributed by atoms with Crippen LogP contribution in [-0.2, 0) is 4.79 Å². The van der Waals surface area contributed by atoms with Gasteiger partial charge in [0.15, 0.2) is 0 Å². The minimum atomic E-state index is -0.821. The lowest BCUT2D eigenvalue weighted by molar-refractivity contribution is -0.124. The van der Waals surface area contributed by atoms with E-state index in [9.17, 15) is 14.7 Å². The van der Waals surface area contributed by atoms with Crippen molar-refractivity contribution < 1.29 is 19.4 Å². The second-order valence-electron chi connectivity index (χ2n) is 7.93. The van der Waals surface area contributed by atoms with Crippen LogP contribution in [0.15, 0.2) is 60.3 Å².